The molecule has 0 radical (unpaired) electrons. The van der Waals surface area contributed by atoms with Gasteiger partial charge in [-0.15, -0.1) is 0 Å². The van der Waals surface area contributed by atoms with Gasteiger partial charge in [0, 0.05) is 0 Å². The van der Waals surface area contributed by atoms with Gasteiger partial charge >= 0.3 is 6.16 Å². The van der Waals surface area contributed by atoms with Gasteiger partial charge < -0.3 is 9.47 Å². The van der Waals surface area contributed by atoms with E-state index in [0.717, 1.165) is 25.7 Å². The van der Waals surface area contributed by atoms with Gasteiger partial charge in [-0.3, -0.25) is 5.73 Å². The molecule has 24 heavy (non-hydrogen) atoms. The zero-order valence-corrected chi connectivity index (χ0v) is 16.4. The molecule has 0 saturated carbocycles. The van der Waals surface area contributed by atoms with Gasteiger partial charge in [0.1, 0.15) is 12.3 Å². The molecule has 0 amide bonds. The molecule has 0 bridgehead atoms. The van der Waals surface area contributed by atoms with Gasteiger partial charge in [-0.25, -0.2) is 4.79 Å². The molecular weight excluding hydrogens is 302 g/mol. The Hall–Kier alpha value is -0.770. The third-order valence-corrected chi connectivity index (χ3v) is 4.65. The standard InChI is InChI=1S/C20H41NO3/c1-4-6-8-10-12-14-16-20(3,24-19(22)23-18-21)17-15-13-11-9-7-5-2/h4-18,21H2,1-3H3. The number of rotatable bonds is 16. The Bertz CT molecular complexity index is 279. The number of nitrogens with two attached hydrogens (primary N) is 1. The number of hydrogen-bond donors (Lipinski definition) is 1. The summed E-state index contributed by atoms with van der Waals surface area (Å²) < 4.78 is 10.4. The first-order valence-electron chi connectivity index (χ1n) is 10.1. The van der Waals surface area contributed by atoms with Gasteiger partial charge in [0.15, 0.2) is 0 Å². The number of carbonyl (C=O) groups excluding carboxylic acids is 1. The summed E-state index contributed by atoms with van der Waals surface area (Å²) in [6.07, 6.45) is 16.1. The fourth-order valence-corrected chi connectivity index (χ4v) is 3.08. The summed E-state index contributed by atoms with van der Waals surface area (Å²) >= 11 is 0. The van der Waals surface area contributed by atoms with E-state index in [1.165, 1.54) is 64.2 Å². The van der Waals surface area contributed by atoms with Gasteiger partial charge in [-0.2, -0.15) is 0 Å². The Morgan fingerprint density at radius 2 is 1.21 bits per heavy atom. The van der Waals surface area contributed by atoms with E-state index in [1.54, 1.807) is 0 Å². The van der Waals surface area contributed by atoms with Crippen molar-refractivity contribution < 1.29 is 14.3 Å². The molecule has 0 fully saturated rings. The fraction of sp³-hybridized carbons (Fsp3) is 0.950. The van der Waals surface area contributed by atoms with Crippen LogP contribution in [0.25, 0.3) is 0 Å². The van der Waals surface area contributed by atoms with E-state index in [-0.39, 0.29) is 6.73 Å². The number of hydrogen-bond acceptors (Lipinski definition) is 4. The number of unbranched alkanes of at least 4 members (excludes halogenated alkanes) is 10. The van der Waals surface area contributed by atoms with Gasteiger partial charge in [-0.1, -0.05) is 78.1 Å². The molecule has 0 aliphatic heterocycles. The highest BCUT2D eigenvalue weighted by atomic mass is 16.7. The van der Waals surface area contributed by atoms with Gasteiger partial charge in [0.05, 0.1) is 0 Å². The minimum Gasteiger partial charge on any atom is -0.428 e. The summed E-state index contributed by atoms with van der Waals surface area (Å²) in [6.45, 7) is 6.38. The molecule has 0 aliphatic rings. The first-order chi connectivity index (χ1) is 11.6. The van der Waals surface area contributed by atoms with Crippen LogP contribution in [0.5, 0.6) is 0 Å². The smallest absolute Gasteiger partial charge is 0.428 e. The van der Waals surface area contributed by atoms with Crippen LogP contribution in [0, 0.1) is 0 Å². The molecule has 0 saturated heterocycles. The van der Waals surface area contributed by atoms with Crippen molar-refractivity contribution in [3.8, 4) is 0 Å². The van der Waals surface area contributed by atoms with E-state index in [1.807, 2.05) is 6.92 Å². The molecule has 0 aliphatic carbocycles. The first-order valence-corrected chi connectivity index (χ1v) is 10.1. The third-order valence-electron chi connectivity index (χ3n) is 4.65. The molecule has 144 valence electrons. The Labute approximate surface area is 149 Å². The topological polar surface area (TPSA) is 61.5 Å². The predicted octanol–water partition coefficient (Wildman–Crippen LogP) is 6.32. The lowest BCUT2D eigenvalue weighted by Crippen LogP contribution is -2.33. The molecule has 0 spiro atoms. The largest absolute Gasteiger partial charge is 0.510 e. The quantitative estimate of drug-likeness (QED) is 0.202. The normalized spacial score (nSPS) is 11.5. The van der Waals surface area contributed by atoms with E-state index in [9.17, 15) is 4.79 Å². The van der Waals surface area contributed by atoms with Crippen LogP contribution < -0.4 is 5.73 Å². The molecule has 0 rings (SSSR count). The van der Waals surface area contributed by atoms with E-state index >= 15 is 0 Å². The summed E-state index contributed by atoms with van der Waals surface area (Å²) in [4.78, 5) is 11.7. The van der Waals surface area contributed by atoms with Crippen molar-refractivity contribution in [2.45, 2.75) is 116 Å². The maximum absolute atomic E-state index is 11.7. The second-order valence-corrected chi connectivity index (χ2v) is 7.15. The van der Waals surface area contributed by atoms with Crippen molar-refractivity contribution in [3.05, 3.63) is 0 Å². The summed E-state index contributed by atoms with van der Waals surface area (Å²) in [7, 11) is 0. The van der Waals surface area contributed by atoms with Crippen molar-refractivity contribution in [1.29, 1.82) is 0 Å². The van der Waals surface area contributed by atoms with Crippen molar-refractivity contribution in [2.24, 2.45) is 5.73 Å². The Morgan fingerprint density at radius 3 is 1.62 bits per heavy atom. The Balaban J connectivity index is 4.15. The Kier molecular flexibility index (Phi) is 15.2. The summed E-state index contributed by atoms with van der Waals surface area (Å²) in [5, 5.41) is 0. The maximum Gasteiger partial charge on any atom is 0.510 e. The lowest BCUT2D eigenvalue weighted by atomic mass is 9.91. The molecule has 4 heteroatoms. The molecule has 0 atom stereocenters. The predicted molar refractivity (Wildman–Crippen MR) is 101 cm³/mol. The number of carbonyl (C=O) groups is 1. The minimum atomic E-state index is -0.628. The second-order valence-electron chi connectivity index (χ2n) is 7.15. The van der Waals surface area contributed by atoms with Crippen LogP contribution in [0.1, 0.15) is 111 Å². The molecule has 0 aromatic heterocycles. The SMILES string of the molecule is CCCCCCCCC(C)(CCCCCCCC)OC(=O)OCN. The van der Waals surface area contributed by atoms with Crippen LogP contribution in [-0.2, 0) is 9.47 Å². The summed E-state index contributed by atoms with van der Waals surface area (Å²) in [5.74, 6) is 0. The molecule has 0 unspecified atom stereocenters. The molecule has 0 aromatic rings. The molecule has 0 heterocycles. The van der Waals surface area contributed by atoms with Crippen LogP contribution in [0.2, 0.25) is 0 Å². The average Bonchev–Trinajstić information content (AvgIpc) is 2.54. The van der Waals surface area contributed by atoms with E-state index in [2.05, 4.69) is 13.8 Å². The summed E-state index contributed by atoms with van der Waals surface area (Å²) in [5.41, 5.74) is 4.85. The zero-order chi connectivity index (χ0) is 18.1. The van der Waals surface area contributed by atoms with Crippen LogP contribution in [-0.4, -0.2) is 18.5 Å². The van der Waals surface area contributed by atoms with Gasteiger partial charge in [0.25, 0.3) is 0 Å². The van der Waals surface area contributed by atoms with Crippen LogP contribution in [0.3, 0.4) is 0 Å². The average molecular weight is 344 g/mol. The molecular formula is C20H41NO3. The highest BCUT2D eigenvalue weighted by Gasteiger charge is 2.28. The lowest BCUT2D eigenvalue weighted by Gasteiger charge is -2.29. The monoisotopic (exact) mass is 343 g/mol. The van der Waals surface area contributed by atoms with Crippen molar-refractivity contribution in [2.75, 3.05) is 6.73 Å². The van der Waals surface area contributed by atoms with Crippen LogP contribution in [0.15, 0.2) is 0 Å². The highest BCUT2D eigenvalue weighted by Crippen LogP contribution is 2.27. The minimum absolute atomic E-state index is 0.122. The fourth-order valence-electron chi connectivity index (χ4n) is 3.08. The molecule has 4 nitrogen and oxygen atoms in total. The number of ether oxygens (including phenoxy) is 2. The maximum atomic E-state index is 11.7. The van der Waals surface area contributed by atoms with Crippen LogP contribution >= 0.6 is 0 Å². The molecule has 0 aromatic carbocycles. The first kappa shape index (κ1) is 23.2. The van der Waals surface area contributed by atoms with Crippen molar-refractivity contribution in [1.82, 2.24) is 0 Å². The zero-order valence-electron chi connectivity index (χ0n) is 16.4. The van der Waals surface area contributed by atoms with E-state index < -0.39 is 11.8 Å². The van der Waals surface area contributed by atoms with Crippen molar-refractivity contribution in [3.63, 3.8) is 0 Å². The second kappa shape index (κ2) is 15.7. The highest BCUT2D eigenvalue weighted by molar-refractivity contribution is 5.60. The van der Waals surface area contributed by atoms with Crippen LogP contribution in [0.4, 0.5) is 4.79 Å². The third kappa shape index (κ3) is 13.6. The van der Waals surface area contributed by atoms with E-state index in [0.29, 0.717) is 0 Å². The Morgan fingerprint density at radius 1 is 0.792 bits per heavy atom. The van der Waals surface area contributed by atoms with Crippen molar-refractivity contribution >= 4 is 6.16 Å². The summed E-state index contributed by atoms with van der Waals surface area (Å²) in [6, 6.07) is 0. The van der Waals surface area contributed by atoms with Gasteiger partial charge in [0.2, 0.25) is 0 Å². The van der Waals surface area contributed by atoms with Gasteiger partial charge in [-0.05, 0) is 32.6 Å². The van der Waals surface area contributed by atoms with E-state index in [4.69, 9.17) is 15.2 Å². The lowest BCUT2D eigenvalue weighted by molar-refractivity contribution is -0.0361. The molecule has 2 N–H and O–H groups in total.